The Morgan fingerprint density at radius 1 is 1.14 bits per heavy atom. The molecule has 1 saturated heterocycles. The summed E-state index contributed by atoms with van der Waals surface area (Å²) in [6.45, 7) is 10.2. The second-order valence-corrected chi connectivity index (χ2v) is 10.7. The fourth-order valence-electron chi connectivity index (χ4n) is 7.95. The van der Waals surface area contributed by atoms with Gasteiger partial charge in [0.1, 0.15) is 0 Å². The van der Waals surface area contributed by atoms with Crippen molar-refractivity contribution in [1.29, 1.82) is 0 Å². The number of carbonyl (C=O) groups excluding carboxylic acids is 2. The van der Waals surface area contributed by atoms with E-state index in [0.717, 1.165) is 32.1 Å². The van der Waals surface area contributed by atoms with Gasteiger partial charge in [0.25, 0.3) is 0 Å². The third-order valence-corrected chi connectivity index (χ3v) is 9.07. The lowest BCUT2D eigenvalue weighted by molar-refractivity contribution is -0.213. The molecule has 0 aromatic carbocycles. The summed E-state index contributed by atoms with van der Waals surface area (Å²) in [6, 6.07) is 0. The van der Waals surface area contributed by atoms with Gasteiger partial charge in [0, 0.05) is 10.8 Å². The summed E-state index contributed by atoms with van der Waals surface area (Å²) in [5.74, 6) is 1.02. The van der Waals surface area contributed by atoms with Gasteiger partial charge < -0.3 is 9.47 Å². The quantitative estimate of drug-likeness (QED) is 0.673. The van der Waals surface area contributed by atoms with Gasteiger partial charge in [0.05, 0.1) is 6.10 Å². The highest BCUT2D eigenvalue weighted by molar-refractivity contribution is 6.01. The van der Waals surface area contributed by atoms with Crippen molar-refractivity contribution >= 4 is 11.6 Å². The number of ether oxygens (including phenoxy) is 2. The van der Waals surface area contributed by atoms with Gasteiger partial charge in [-0.25, -0.2) is 0 Å². The molecule has 4 heteroatoms. The zero-order valence-electron chi connectivity index (χ0n) is 17.7. The maximum Gasteiger partial charge on any atom is 0.178 e. The highest BCUT2D eigenvalue weighted by Gasteiger charge is 2.74. The molecule has 0 aromatic heterocycles. The van der Waals surface area contributed by atoms with E-state index in [4.69, 9.17) is 9.47 Å². The molecule has 0 amide bonds. The van der Waals surface area contributed by atoms with Crippen LogP contribution in [0.4, 0.5) is 0 Å². The molecule has 0 N–H and O–H groups in total. The van der Waals surface area contributed by atoms with Crippen LogP contribution in [0.1, 0.15) is 66.7 Å². The van der Waals surface area contributed by atoms with Crippen molar-refractivity contribution in [2.24, 2.45) is 28.6 Å². The van der Waals surface area contributed by atoms with E-state index in [1.54, 1.807) is 13.0 Å². The highest BCUT2D eigenvalue weighted by atomic mass is 16.8. The fraction of sp³-hybridized carbons (Fsp3) is 0.750. The van der Waals surface area contributed by atoms with E-state index >= 15 is 0 Å². The zero-order chi connectivity index (χ0) is 20.1. The summed E-state index contributed by atoms with van der Waals surface area (Å²) in [5, 5.41) is 0. The van der Waals surface area contributed by atoms with Crippen LogP contribution in [-0.2, 0) is 19.1 Å². The number of hydrogen-bond acceptors (Lipinski definition) is 4. The highest BCUT2D eigenvalue weighted by Crippen LogP contribution is 2.70. The molecule has 5 rings (SSSR count). The normalized spacial score (nSPS) is 51.0. The van der Waals surface area contributed by atoms with Crippen molar-refractivity contribution < 1.29 is 19.1 Å². The van der Waals surface area contributed by atoms with E-state index in [9.17, 15) is 9.59 Å². The number of rotatable bonds is 1. The Balaban J connectivity index is 1.55. The van der Waals surface area contributed by atoms with Gasteiger partial charge in [-0.3, -0.25) is 9.59 Å². The molecule has 0 spiro atoms. The maximum absolute atomic E-state index is 13.0. The van der Waals surface area contributed by atoms with Crippen LogP contribution in [0.25, 0.3) is 0 Å². The first kappa shape index (κ1) is 18.7. The zero-order valence-corrected chi connectivity index (χ0v) is 17.7. The molecular weight excluding hydrogens is 352 g/mol. The molecule has 152 valence electrons. The summed E-state index contributed by atoms with van der Waals surface area (Å²) in [7, 11) is 0. The summed E-state index contributed by atoms with van der Waals surface area (Å²) >= 11 is 0. The van der Waals surface area contributed by atoms with E-state index in [2.05, 4.69) is 19.9 Å². The molecule has 28 heavy (non-hydrogen) atoms. The predicted molar refractivity (Wildman–Crippen MR) is 105 cm³/mol. The Kier molecular flexibility index (Phi) is 3.65. The topological polar surface area (TPSA) is 52.6 Å². The van der Waals surface area contributed by atoms with Crippen LogP contribution >= 0.6 is 0 Å². The Hall–Kier alpha value is -1.26. The second kappa shape index (κ2) is 5.46. The Morgan fingerprint density at radius 3 is 2.61 bits per heavy atom. The molecule has 0 unspecified atom stereocenters. The molecule has 4 aliphatic carbocycles. The van der Waals surface area contributed by atoms with E-state index in [0.29, 0.717) is 17.8 Å². The average molecular weight is 385 g/mol. The van der Waals surface area contributed by atoms with Crippen molar-refractivity contribution in [2.45, 2.75) is 84.2 Å². The molecule has 7 atom stereocenters. The standard InChI is InChI=1S/C24H32O4/c1-14(25)24-20(27-21(2,3)28-24)13-19-17-7-6-15-12-16(26)8-10-22(15,4)18(17)9-11-23(19,24)5/h8,10,12,17-20H,6-7,9,11,13H2,1-5H3/t17-,18+,19+,20+,22+,23+,24-/m1/s1. The predicted octanol–water partition coefficient (Wildman–Crippen LogP) is 4.38. The van der Waals surface area contributed by atoms with Crippen LogP contribution in [0, 0.1) is 28.6 Å². The van der Waals surface area contributed by atoms with E-state index < -0.39 is 11.4 Å². The lowest BCUT2D eigenvalue weighted by atomic mass is 9.47. The first-order valence-electron chi connectivity index (χ1n) is 10.9. The van der Waals surface area contributed by atoms with Crippen molar-refractivity contribution in [1.82, 2.24) is 0 Å². The third-order valence-electron chi connectivity index (χ3n) is 9.07. The Morgan fingerprint density at radius 2 is 1.89 bits per heavy atom. The molecule has 0 aromatic rings. The van der Waals surface area contributed by atoms with Gasteiger partial charge in [-0.2, -0.15) is 0 Å². The van der Waals surface area contributed by atoms with Gasteiger partial charge >= 0.3 is 0 Å². The largest absolute Gasteiger partial charge is 0.344 e. The number of ketones is 2. The minimum Gasteiger partial charge on any atom is -0.344 e. The lowest BCUT2D eigenvalue weighted by Gasteiger charge is -2.58. The van der Waals surface area contributed by atoms with Crippen LogP contribution in [0.15, 0.2) is 23.8 Å². The lowest BCUT2D eigenvalue weighted by Crippen LogP contribution is -2.59. The number of carbonyl (C=O) groups is 2. The van der Waals surface area contributed by atoms with Crippen LogP contribution in [0.5, 0.6) is 0 Å². The number of allylic oxidation sites excluding steroid dienone is 4. The molecule has 4 fully saturated rings. The van der Waals surface area contributed by atoms with Gasteiger partial charge in [-0.05, 0) is 82.8 Å². The number of hydrogen-bond donors (Lipinski definition) is 0. The minimum atomic E-state index is -0.818. The van der Waals surface area contributed by atoms with Gasteiger partial charge in [0.2, 0.25) is 0 Å². The summed E-state index contributed by atoms with van der Waals surface area (Å²) in [4.78, 5) is 25.0. The monoisotopic (exact) mass is 384 g/mol. The average Bonchev–Trinajstić information content (AvgIpc) is 3.02. The first-order chi connectivity index (χ1) is 13.0. The summed E-state index contributed by atoms with van der Waals surface area (Å²) in [6.07, 6.45) is 10.7. The Labute approximate surface area is 167 Å². The van der Waals surface area contributed by atoms with E-state index in [1.807, 2.05) is 19.9 Å². The maximum atomic E-state index is 13.0. The molecule has 0 bridgehead atoms. The van der Waals surface area contributed by atoms with Crippen LogP contribution in [-0.4, -0.2) is 29.1 Å². The second-order valence-electron chi connectivity index (χ2n) is 10.7. The summed E-state index contributed by atoms with van der Waals surface area (Å²) < 4.78 is 12.8. The van der Waals surface area contributed by atoms with Crippen LogP contribution in [0.3, 0.4) is 0 Å². The van der Waals surface area contributed by atoms with Gasteiger partial charge in [0.15, 0.2) is 23.0 Å². The summed E-state index contributed by atoms with van der Waals surface area (Å²) in [5.41, 5.74) is 0.268. The Bertz CT molecular complexity index is 822. The first-order valence-corrected chi connectivity index (χ1v) is 10.9. The molecule has 4 nitrogen and oxygen atoms in total. The van der Waals surface area contributed by atoms with Gasteiger partial charge in [-0.1, -0.05) is 25.5 Å². The van der Waals surface area contributed by atoms with Crippen molar-refractivity contribution in [3.8, 4) is 0 Å². The van der Waals surface area contributed by atoms with Crippen molar-refractivity contribution in [2.75, 3.05) is 0 Å². The number of Topliss-reactive ketones (excluding diaryl/α,β-unsaturated/α-hetero) is 1. The molecule has 5 aliphatic rings. The molecule has 1 heterocycles. The third kappa shape index (κ3) is 2.09. The van der Waals surface area contributed by atoms with E-state index in [-0.39, 0.29) is 28.5 Å². The van der Waals surface area contributed by atoms with E-state index in [1.165, 1.54) is 5.57 Å². The molecule has 1 aliphatic heterocycles. The minimum absolute atomic E-state index is 0.0276. The van der Waals surface area contributed by atoms with Crippen molar-refractivity contribution in [3.63, 3.8) is 0 Å². The smallest absolute Gasteiger partial charge is 0.178 e. The van der Waals surface area contributed by atoms with Crippen LogP contribution < -0.4 is 0 Å². The van der Waals surface area contributed by atoms with Gasteiger partial charge in [-0.15, -0.1) is 0 Å². The van der Waals surface area contributed by atoms with Crippen molar-refractivity contribution in [3.05, 3.63) is 23.8 Å². The van der Waals surface area contributed by atoms with Crippen LogP contribution in [0.2, 0.25) is 0 Å². The molecule has 0 radical (unpaired) electrons. The fourth-order valence-corrected chi connectivity index (χ4v) is 7.95. The number of fused-ring (bicyclic) bond motifs is 7. The molecular formula is C24H32O4. The SMILES string of the molecule is CC(=O)[C@@]12OC(C)(C)O[C@H]1C[C@H]1[C@@H]3CCC4=CC(=O)C=C[C@]4(C)[C@H]3CC[C@@]12C. The molecule has 3 saturated carbocycles.